The number of aryl methyl sites for hydroxylation is 2. The fraction of sp³-hybridized carbons (Fsp3) is 0.417. The molecule has 1 rings (SSSR count). The highest BCUT2D eigenvalue weighted by Gasteiger charge is 2.02. The van der Waals surface area contributed by atoms with E-state index < -0.39 is 0 Å². The Hall–Kier alpha value is -0.760. The van der Waals surface area contributed by atoms with E-state index >= 15 is 0 Å². The van der Waals surface area contributed by atoms with E-state index in [4.69, 9.17) is 0 Å². The van der Waals surface area contributed by atoms with Crippen LogP contribution >= 0.6 is 11.8 Å². The predicted molar refractivity (Wildman–Crippen MR) is 61.9 cm³/mol. The SMILES string of the molecule is CCC(=O)CSc1ccc(C)cc1C. The summed E-state index contributed by atoms with van der Waals surface area (Å²) in [5, 5.41) is 0. The molecule has 1 nitrogen and oxygen atoms in total. The second-order valence-corrected chi connectivity index (χ2v) is 4.47. The molecule has 0 aromatic heterocycles. The minimum Gasteiger partial charge on any atom is -0.299 e. The number of carbonyl (C=O) groups excluding carboxylic acids is 1. The van der Waals surface area contributed by atoms with Gasteiger partial charge in [-0.15, -0.1) is 11.8 Å². The topological polar surface area (TPSA) is 17.1 Å². The molecular formula is C12H16OS. The predicted octanol–water partition coefficient (Wildman–Crippen LogP) is 3.37. The highest BCUT2D eigenvalue weighted by molar-refractivity contribution is 8.00. The number of hydrogen-bond acceptors (Lipinski definition) is 2. The van der Waals surface area contributed by atoms with Gasteiger partial charge in [0.25, 0.3) is 0 Å². The van der Waals surface area contributed by atoms with Crippen LogP contribution in [0.15, 0.2) is 23.1 Å². The average Bonchev–Trinajstić information content (AvgIpc) is 2.16. The molecule has 1 aromatic carbocycles. The Morgan fingerprint density at radius 3 is 2.64 bits per heavy atom. The van der Waals surface area contributed by atoms with Crippen molar-refractivity contribution in [2.75, 3.05) is 5.75 Å². The number of Topliss-reactive ketones (excluding diaryl/α,β-unsaturated/α-hetero) is 1. The quantitative estimate of drug-likeness (QED) is 0.706. The van der Waals surface area contributed by atoms with Crippen LogP contribution < -0.4 is 0 Å². The molecule has 0 unspecified atom stereocenters. The number of benzene rings is 1. The van der Waals surface area contributed by atoms with Gasteiger partial charge in [0.1, 0.15) is 5.78 Å². The molecule has 0 saturated carbocycles. The maximum atomic E-state index is 11.1. The van der Waals surface area contributed by atoms with E-state index in [-0.39, 0.29) is 0 Å². The molecule has 0 spiro atoms. The van der Waals surface area contributed by atoms with Gasteiger partial charge in [0.15, 0.2) is 0 Å². The zero-order valence-corrected chi connectivity index (χ0v) is 9.78. The molecule has 0 aliphatic rings. The molecule has 0 amide bonds. The van der Waals surface area contributed by atoms with Crippen LogP contribution in [0.25, 0.3) is 0 Å². The third-order valence-corrected chi connectivity index (χ3v) is 3.35. The summed E-state index contributed by atoms with van der Waals surface area (Å²) in [6.07, 6.45) is 0.637. The van der Waals surface area contributed by atoms with E-state index in [1.165, 1.54) is 16.0 Å². The van der Waals surface area contributed by atoms with Crippen molar-refractivity contribution in [1.29, 1.82) is 0 Å². The van der Waals surface area contributed by atoms with Crippen molar-refractivity contribution < 1.29 is 4.79 Å². The lowest BCUT2D eigenvalue weighted by atomic mass is 10.2. The second-order valence-electron chi connectivity index (χ2n) is 3.45. The molecule has 0 N–H and O–H groups in total. The van der Waals surface area contributed by atoms with Crippen LogP contribution in [-0.2, 0) is 4.79 Å². The smallest absolute Gasteiger partial charge is 0.142 e. The van der Waals surface area contributed by atoms with E-state index in [9.17, 15) is 4.79 Å². The van der Waals surface area contributed by atoms with Crippen LogP contribution in [0.3, 0.4) is 0 Å². The summed E-state index contributed by atoms with van der Waals surface area (Å²) in [4.78, 5) is 12.4. The Morgan fingerprint density at radius 2 is 2.07 bits per heavy atom. The zero-order valence-electron chi connectivity index (χ0n) is 8.96. The molecule has 1 aromatic rings. The van der Waals surface area contributed by atoms with Gasteiger partial charge in [-0.1, -0.05) is 24.6 Å². The standard InChI is InChI=1S/C12H16OS/c1-4-11(13)8-14-12-6-5-9(2)7-10(12)3/h5-7H,4,8H2,1-3H3. The summed E-state index contributed by atoms with van der Waals surface area (Å²) in [5.41, 5.74) is 2.53. The van der Waals surface area contributed by atoms with Crippen LogP contribution in [0, 0.1) is 13.8 Å². The van der Waals surface area contributed by atoms with Gasteiger partial charge in [0.05, 0.1) is 5.75 Å². The second kappa shape index (κ2) is 5.20. The van der Waals surface area contributed by atoms with Crippen LogP contribution in [0.1, 0.15) is 24.5 Å². The molecule has 0 radical (unpaired) electrons. The first-order valence-electron chi connectivity index (χ1n) is 4.85. The fourth-order valence-electron chi connectivity index (χ4n) is 1.22. The Balaban J connectivity index is 2.63. The number of thioether (sulfide) groups is 1. The van der Waals surface area contributed by atoms with Gasteiger partial charge >= 0.3 is 0 Å². The van der Waals surface area contributed by atoms with E-state index in [1.807, 2.05) is 6.92 Å². The molecule has 0 aliphatic carbocycles. The Labute approximate surface area is 89.9 Å². The normalized spacial score (nSPS) is 10.2. The molecule has 76 valence electrons. The van der Waals surface area contributed by atoms with Crippen LogP contribution in [0.2, 0.25) is 0 Å². The summed E-state index contributed by atoms with van der Waals surface area (Å²) in [6.45, 7) is 6.08. The highest BCUT2D eigenvalue weighted by Crippen LogP contribution is 2.23. The molecule has 0 bridgehead atoms. The van der Waals surface area contributed by atoms with Crippen molar-refractivity contribution in [2.24, 2.45) is 0 Å². The van der Waals surface area contributed by atoms with Gasteiger partial charge in [-0.3, -0.25) is 4.79 Å². The minimum absolute atomic E-state index is 0.315. The number of rotatable bonds is 4. The van der Waals surface area contributed by atoms with Crippen molar-refractivity contribution in [3.8, 4) is 0 Å². The van der Waals surface area contributed by atoms with Crippen LogP contribution in [0.5, 0.6) is 0 Å². The lowest BCUT2D eigenvalue weighted by Crippen LogP contribution is -1.98. The summed E-state index contributed by atoms with van der Waals surface area (Å²) in [7, 11) is 0. The molecule has 2 heteroatoms. The molecule has 0 heterocycles. The molecule has 0 saturated heterocycles. The largest absolute Gasteiger partial charge is 0.299 e. The lowest BCUT2D eigenvalue weighted by Gasteiger charge is -2.05. The van der Waals surface area contributed by atoms with Gasteiger partial charge in [-0.2, -0.15) is 0 Å². The first kappa shape index (κ1) is 11.3. The minimum atomic E-state index is 0.315. The number of carbonyl (C=O) groups is 1. The van der Waals surface area contributed by atoms with Gasteiger partial charge in [0, 0.05) is 11.3 Å². The van der Waals surface area contributed by atoms with Gasteiger partial charge in [-0.05, 0) is 25.5 Å². The summed E-state index contributed by atoms with van der Waals surface area (Å²) in [6, 6.07) is 6.34. The third kappa shape index (κ3) is 3.18. The Kier molecular flexibility index (Phi) is 4.21. The number of ketones is 1. The Bertz CT molecular complexity index is 331. The van der Waals surface area contributed by atoms with Gasteiger partial charge in [0.2, 0.25) is 0 Å². The van der Waals surface area contributed by atoms with Crippen LogP contribution in [-0.4, -0.2) is 11.5 Å². The van der Waals surface area contributed by atoms with Crippen molar-refractivity contribution >= 4 is 17.5 Å². The molecule has 14 heavy (non-hydrogen) atoms. The van der Waals surface area contributed by atoms with Gasteiger partial charge < -0.3 is 0 Å². The van der Waals surface area contributed by atoms with E-state index in [0.717, 1.165) is 0 Å². The first-order chi connectivity index (χ1) is 6.63. The summed E-state index contributed by atoms with van der Waals surface area (Å²) in [5.74, 6) is 0.912. The Morgan fingerprint density at radius 1 is 1.36 bits per heavy atom. The fourth-order valence-corrected chi connectivity index (χ4v) is 2.19. The molecule has 0 fully saturated rings. The average molecular weight is 208 g/mol. The van der Waals surface area contributed by atoms with E-state index in [2.05, 4.69) is 32.0 Å². The van der Waals surface area contributed by atoms with E-state index in [1.54, 1.807) is 11.8 Å². The first-order valence-corrected chi connectivity index (χ1v) is 5.83. The monoisotopic (exact) mass is 208 g/mol. The third-order valence-electron chi connectivity index (χ3n) is 2.11. The van der Waals surface area contributed by atoms with Gasteiger partial charge in [-0.25, -0.2) is 0 Å². The summed E-state index contributed by atoms with van der Waals surface area (Å²) < 4.78 is 0. The van der Waals surface area contributed by atoms with Crippen molar-refractivity contribution in [3.63, 3.8) is 0 Å². The zero-order chi connectivity index (χ0) is 10.6. The maximum absolute atomic E-state index is 11.1. The maximum Gasteiger partial charge on any atom is 0.142 e. The van der Waals surface area contributed by atoms with Crippen molar-refractivity contribution in [3.05, 3.63) is 29.3 Å². The molecule has 0 aliphatic heterocycles. The molecular weight excluding hydrogens is 192 g/mol. The molecule has 0 atom stereocenters. The van der Waals surface area contributed by atoms with Crippen LogP contribution in [0.4, 0.5) is 0 Å². The van der Waals surface area contributed by atoms with E-state index in [0.29, 0.717) is 18.0 Å². The number of hydrogen-bond donors (Lipinski definition) is 0. The highest BCUT2D eigenvalue weighted by atomic mass is 32.2. The van der Waals surface area contributed by atoms with Crippen molar-refractivity contribution in [2.45, 2.75) is 32.1 Å². The lowest BCUT2D eigenvalue weighted by molar-refractivity contribution is -0.116. The van der Waals surface area contributed by atoms with Crippen molar-refractivity contribution in [1.82, 2.24) is 0 Å². The summed E-state index contributed by atoms with van der Waals surface area (Å²) >= 11 is 1.64.